The standard InChI is InChI=1S/C16H14ClN3OS/c1-2-12(10-4-3-6-18-9-10)20-16(21)15-11-8-14(17)22-13(11)5-7-19-15/h3-9,12H,2H2,1H3,(H,20,21). The van der Waals surface area contributed by atoms with Crippen LogP contribution < -0.4 is 5.32 Å². The predicted octanol–water partition coefficient (Wildman–Crippen LogP) is 4.23. The number of halogens is 1. The normalized spacial score (nSPS) is 12.3. The van der Waals surface area contributed by atoms with E-state index in [9.17, 15) is 4.79 Å². The maximum Gasteiger partial charge on any atom is 0.271 e. The van der Waals surface area contributed by atoms with E-state index in [1.54, 1.807) is 24.7 Å². The largest absolute Gasteiger partial charge is 0.344 e. The zero-order chi connectivity index (χ0) is 15.5. The van der Waals surface area contributed by atoms with Gasteiger partial charge in [-0.1, -0.05) is 24.6 Å². The van der Waals surface area contributed by atoms with Crippen LogP contribution in [0.25, 0.3) is 10.1 Å². The number of carbonyl (C=O) groups excluding carboxylic acids is 1. The molecule has 0 radical (unpaired) electrons. The topological polar surface area (TPSA) is 54.9 Å². The molecular weight excluding hydrogens is 318 g/mol. The van der Waals surface area contributed by atoms with Crippen LogP contribution in [0.2, 0.25) is 4.34 Å². The predicted molar refractivity (Wildman–Crippen MR) is 89.4 cm³/mol. The Bertz CT molecular complexity index is 804. The summed E-state index contributed by atoms with van der Waals surface area (Å²) in [4.78, 5) is 20.9. The third kappa shape index (κ3) is 2.96. The third-order valence-electron chi connectivity index (χ3n) is 3.43. The van der Waals surface area contributed by atoms with Crippen LogP contribution in [0.5, 0.6) is 0 Å². The molecule has 0 bridgehead atoms. The number of hydrogen-bond acceptors (Lipinski definition) is 4. The molecule has 1 N–H and O–H groups in total. The van der Waals surface area contributed by atoms with Crippen molar-refractivity contribution in [2.75, 3.05) is 0 Å². The van der Waals surface area contributed by atoms with E-state index in [4.69, 9.17) is 11.6 Å². The van der Waals surface area contributed by atoms with E-state index in [-0.39, 0.29) is 11.9 Å². The summed E-state index contributed by atoms with van der Waals surface area (Å²) in [5.41, 5.74) is 1.39. The lowest BCUT2D eigenvalue weighted by Crippen LogP contribution is -2.29. The van der Waals surface area contributed by atoms with Crippen LogP contribution >= 0.6 is 22.9 Å². The summed E-state index contributed by atoms with van der Waals surface area (Å²) in [6.45, 7) is 2.02. The lowest BCUT2D eigenvalue weighted by atomic mass is 10.1. The van der Waals surface area contributed by atoms with Crippen molar-refractivity contribution < 1.29 is 4.79 Å². The number of nitrogens with one attached hydrogen (secondary N) is 1. The molecule has 0 saturated carbocycles. The second-order valence-corrected chi connectivity index (χ2v) is 6.56. The number of nitrogens with zero attached hydrogens (tertiary/aromatic N) is 2. The van der Waals surface area contributed by atoms with Crippen molar-refractivity contribution >= 4 is 38.9 Å². The molecule has 0 saturated heterocycles. The molecule has 0 aliphatic rings. The van der Waals surface area contributed by atoms with Gasteiger partial charge >= 0.3 is 0 Å². The first kappa shape index (κ1) is 14.9. The number of aromatic nitrogens is 2. The summed E-state index contributed by atoms with van der Waals surface area (Å²) in [6, 6.07) is 7.38. The number of thiophene rings is 1. The van der Waals surface area contributed by atoms with Gasteiger partial charge in [-0.15, -0.1) is 11.3 Å². The summed E-state index contributed by atoms with van der Waals surface area (Å²) in [5.74, 6) is -0.198. The van der Waals surface area contributed by atoms with Gasteiger partial charge in [0.1, 0.15) is 5.69 Å². The fourth-order valence-corrected chi connectivity index (χ4v) is 3.48. The van der Waals surface area contributed by atoms with E-state index >= 15 is 0 Å². The molecule has 3 aromatic rings. The Balaban J connectivity index is 1.89. The molecule has 0 aliphatic carbocycles. The smallest absolute Gasteiger partial charge is 0.271 e. The minimum absolute atomic E-state index is 0.0904. The van der Waals surface area contributed by atoms with E-state index < -0.39 is 0 Å². The van der Waals surface area contributed by atoms with Gasteiger partial charge in [0.05, 0.1) is 10.4 Å². The number of carbonyl (C=O) groups is 1. The average Bonchev–Trinajstić information content (AvgIpc) is 2.93. The van der Waals surface area contributed by atoms with Crippen LogP contribution in [-0.2, 0) is 0 Å². The molecule has 1 unspecified atom stereocenters. The fraction of sp³-hybridized carbons (Fsp3) is 0.188. The van der Waals surface area contributed by atoms with Crippen molar-refractivity contribution in [1.29, 1.82) is 0 Å². The molecule has 112 valence electrons. The minimum Gasteiger partial charge on any atom is -0.344 e. The second kappa shape index (κ2) is 6.42. The Kier molecular flexibility index (Phi) is 4.36. The maximum atomic E-state index is 12.6. The van der Waals surface area contributed by atoms with Crippen LogP contribution in [0.15, 0.2) is 42.9 Å². The molecule has 4 nitrogen and oxygen atoms in total. The third-order valence-corrected chi connectivity index (χ3v) is 4.66. The van der Waals surface area contributed by atoms with E-state index in [0.29, 0.717) is 10.0 Å². The quantitative estimate of drug-likeness (QED) is 0.778. The highest BCUT2D eigenvalue weighted by atomic mass is 35.5. The molecule has 3 aromatic heterocycles. The molecule has 0 spiro atoms. The van der Waals surface area contributed by atoms with E-state index in [2.05, 4.69) is 15.3 Å². The summed E-state index contributed by atoms with van der Waals surface area (Å²) in [6.07, 6.45) is 5.89. The molecule has 22 heavy (non-hydrogen) atoms. The Hall–Kier alpha value is -1.98. The number of amides is 1. The van der Waals surface area contributed by atoms with Gasteiger partial charge < -0.3 is 5.32 Å². The second-order valence-electron chi connectivity index (χ2n) is 4.84. The summed E-state index contributed by atoms with van der Waals surface area (Å²) < 4.78 is 1.61. The van der Waals surface area contributed by atoms with E-state index in [0.717, 1.165) is 22.1 Å². The Morgan fingerprint density at radius 1 is 1.41 bits per heavy atom. The summed E-state index contributed by atoms with van der Waals surface area (Å²) >= 11 is 7.48. The lowest BCUT2D eigenvalue weighted by Gasteiger charge is -2.17. The monoisotopic (exact) mass is 331 g/mol. The van der Waals surface area contributed by atoms with Crippen molar-refractivity contribution in [2.24, 2.45) is 0 Å². The zero-order valence-electron chi connectivity index (χ0n) is 11.9. The average molecular weight is 332 g/mol. The van der Waals surface area contributed by atoms with Crippen molar-refractivity contribution in [3.05, 3.63) is 58.4 Å². The molecule has 3 rings (SSSR count). The summed E-state index contributed by atoms with van der Waals surface area (Å²) in [5, 5.41) is 3.81. The zero-order valence-corrected chi connectivity index (χ0v) is 13.5. The van der Waals surface area contributed by atoms with Gasteiger partial charge in [-0.2, -0.15) is 0 Å². The van der Waals surface area contributed by atoms with Gasteiger partial charge in [0, 0.05) is 28.7 Å². The van der Waals surface area contributed by atoms with Crippen LogP contribution in [0.4, 0.5) is 0 Å². The molecule has 0 fully saturated rings. The molecule has 3 heterocycles. The summed E-state index contributed by atoms with van der Waals surface area (Å²) in [7, 11) is 0. The molecule has 0 aromatic carbocycles. The van der Waals surface area contributed by atoms with Gasteiger partial charge in [0.15, 0.2) is 0 Å². The molecule has 1 atom stereocenters. The van der Waals surface area contributed by atoms with Crippen molar-refractivity contribution in [2.45, 2.75) is 19.4 Å². The van der Waals surface area contributed by atoms with Crippen molar-refractivity contribution in [1.82, 2.24) is 15.3 Å². The molecule has 0 aliphatic heterocycles. The van der Waals surface area contributed by atoms with Gasteiger partial charge in [-0.3, -0.25) is 14.8 Å². The highest BCUT2D eigenvalue weighted by molar-refractivity contribution is 7.22. The molecule has 1 amide bonds. The fourth-order valence-electron chi connectivity index (χ4n) is 2.34. The number of pyridine rings is 2. The lowest BCUT2D eigenvalue weighted by molar-refractivity contribution is 0.0932. The highest BCUT2D eigenvalue weighted by Gasteiger charge is 2.18. The van der Waals surface area contributed by atoms with Gasteiger partial charge in [-0.05, 0) is 30.2 Å². The number of fused-ring (bicyclic) bond motifs is 1. The first-order valence-electron chi connectivity index (χ1n) is 6.94. The first-order valence-corrected chi connectivity index (χ1v) is 8.13. The maximum absolute atomic E-state index is 12.6. The molecular formula is C16H14ClN3OS. The van der Waals surface area contributed by atoms with Crippen molar-refractivity contribution in [3.63, 3.8) is 0 Å². The Morgan fingerprint density at radius 3 is 3.00 bits per heavy atom. The van der Waals surface area contributed by atoms with Crippen molar-refractivity contribution in [3.8, 4) is 0 Å². The number of rotatable bonds is 4. The van der Waals surface area contributed by atoms with E-state index in [1.807, 2.05) is 25.1 Å². The number of hydrogen-bond donors (Lipinski definition) is 1. The van der Waals surface area contributed by atoms with Crippen LogP contribution in [0.3, 0.4) is 0 Å². The van der Waals surface area contributed by atoms with Gasteiger partial charge in [0.25, 0.3) is 5.91 Å². The van der Waals surface area contributed by atoms with Crippen LogP contribution in [0, 0.1) is 0 Å². The van der Waals surface area contributed by atoms with Crippen LogP contribution in [0.1, 0.15) is 35.4 Å². The van der Waals surface area contributed by atoms with Crippen LogP contribution in [-0.4, -0.2) is 15.9 Å². The Morgan fingerprint density at radius 2 is 2.27 bits per heavy atom. The molecule has 6 heteroatoms. The first-order chi connectivity index (χ1) is 10.7. The Labute approximate surface area is 137 Å². The SMILES string of the molecule is CCC(NC(=O)c1nccc2sc(Cl)cc12)c1cccnc1. The van der Waals surface area contributed by atoms with E-state index in [1.165, 1.54) is 11.3 Å². The highest BCUT2D eigenvalue weighted by Crippen LogP contribution is 2.30. The van der Waals surface area contributed by atoms with Gasteiger partial charge in [-0.25, -0.2) is 0 Å². The van der Waals surface area contributed by atoms with Gasteiger partial charge in [0.2, 0.25) is 0 Å². The minimum atomic E-state index is -0.198.